The van der Waals surface area contributed by atoms with Gasteiger partial charge in [0.1, 0.15) is 0 Å². The van der Waals surface area contributed by atoms with Gasteiger partial charge in [0.25, 0.3) is 0 Å². The average Bonchev–Trinajstić information content (AvgIpc) is 2.18. The Morgan fingerprint density at radius 3 is 2.27 bits per heavy atom. The van der Waals surface area contributed by atoms with Crippen molar-refractivity contribution in [1.29, 1.82) is 0 Å². The van der Waals surface area contributed by atoms with E-state index in [0.29, 0.717) is 0 Å². The number of hydrogen-bond donors (Lipinski definition) is 1. The van der Waals surface area contributed by atoms with Crippen LogP contribution in [0.2, 0.25) is 0 Å². The minimum Gasteiger partial charge on any atom is -0.322 e. The second kappa shape index (κ2) is 5.32. The maximum atomic E-state index is 6.33. The summed E-state index contributed by atoms with van der Waals surface area (Å²) in [5.41, 5.74) is 8.71. The van der Waals surface area contributed by atoms with Crippen molar-refractivity contribution in [3.05, 3.63) is 35.4 Å². The molecule has 1 heteroatoms. The van der Waals surface area contributed by atoms with Gasteiger partial charge in [0.05, 0.1) is 0 Å². The van der Waals surface area contributed by atoms with Crippen LogP contribution in [-0.4, -0.2) is 0 Å². The summed E-state index contributed by atoms with van der Waals surface area (Å²) in [6.07, 6.45) is 4.82. The molecule has 2 N–H and O–H groups in total. The van der Waals surface area contributed by atoms with Crippen molar-refractivity contribution in [3.63, 3.8) is 0 Å². The second-order valence-electron chi connectivity index (χ2n) is 4.74. The summed E-state index contributed by atoms with van der Waals surface area (Å²) in [5, 5.41) is 0. The molecule has 0 amide bonds. The lowest BCUT2D eigenvalue weighted by atomic mass is 9.87. The molecule has 0 spiro atoms. The first-order chi connectivity index (χ1) is 7.06. The maximum Gasteiger partial charge on any atom is 0.0381 e. The first kappa shape index (κ1) is 12.3. The van der Waals surface area contributed by atoms with Crippen molar-refractivity contribution >= 4 is 0 Å². The van der Waals surface area contributed by atoms with Gasteiger partial charge in [-0.25, -0.2) is 0 Å². The van der Waals surface area contributed by atoms with Crippen LogP contribution in [0.3, 0.4) is 0 Å². The Morgan fingerprint density at radius 1 is 1.13 bits per heavy atom. The molecule has 0 bridgehead atoms. The van der Waals surface area contributed by atoms with Crippen molar-refractivity contribution in [2.45, 2.75) is 52.0 Å². The summed E-state index contributed by atoms with van der Waals surface area (Å²) in [7, 11) is 0. The number of benzene rings is 1. The van der Waals surface area contributed by atoms with Crippen molar-refractivity contribution in [1.82, 2.24) is 0 Å². The molecule has 0 aliphatic heterocycles. The molecule has 0 aliphatic rings. The Morgan fingerprint density at radius 2 is 1.73 bits per heavy atom. The van der Waals surface area contributed by atoms with Crippen molar-refractivity contribution in [2.24, 2.45) is 5.73 Å². The predicted molar refractivity (Wildman–Crippen MR) is 66.9 cm³/mol. The van der Waals surface area contributed by atoms with Gasteiger partial charge in [0.2, 0.25) is 0 Å². The molecular weight excluding hydrogens is 182 g/mol. The first-order valence-electron chi connectivity index (χ1n) is 5.92. The highest BCUT2D eigenvalue weighted by atomic mass is 14.7. The van der Waals surface area contributed by atoms with Gasteiger partial charge in [-0.3, -0.25) is 0 Å². The van der Waals surface area contributed by atoms with E-state index in [2.05, 4.69) is 45.0 Å². The Kier molecular flexibility index (Phi) is 4.34. The fourth-order valence-corrected chi connectivity index (χ4v) is 1.82. The van der Waals surface area contributed by atoms with E-state index in [1.54, 1.807) is 0 Å². The van der Waals surface area contributed by atoms with E-state index in [1.165, 1.54) is 30.4 Å². The van der Waals surface area contributed by atoms with E-state index in [9.17, 15) is 0 Å². The first-order valence-corrected chi connectivity index (χ1v) is 5.92. The zero-order valence-electron chi connectivity index (χ0n) is 10.2. The molecule has 0 saturated heterocycles. The highest BCUT2D eigenvalue weighted by Gasteiger charge is 2.19. The van der Waals surface area contributed by atoms with Gasteiger partial charge in [0, 0.05) is 5.54 Å². The number of nitrogens with two attached hydrogens (primary N) is 1. The van der Waals surface area contributed by atoms with Gasteiger partial charge in [-0.15, -0.1) is 0 Å². The molecule has 1 aromatic rings. The van der Waals surface area contributed by atoms with Crippen LogP contribution in [0.5, 0.6) is 0 Å². The molecule has 0 saturated carbocycles. The molecule has 84 valence electrons. The van der Waals surface area contributed by atoms with Gasteiger partial charge in [-0.2, -0.15) is 0 Å². The summed E-state index contributed by atoms with van der Waals surface area (Å²) < 4.78 is 0. The van der Waals surface area contributed by atoms with Gasteiger partial charge in [0.15, 0.2) is 0 Å². The van der Waals surface area contributed by atoms with E-state index in [0.717, 1.165) is 6.42 Å². The van der Waals surface area contributed by atoms with Crippen molar-refractivity contribution < 1.29 is 0 Å². The zero-order chi connectivity index (χ0) is 11.3. The quantitative estimate of drug-likeness (QED) is 0.728. The Hall–Kier alpha value is -0.820. The van der Waals surface area contributed by atoms with Gasteiger partial charge in [-0.05, 0) is 25.8 Å². The lowest BCUT2D eigenvalue weighted by Crippen LogP contribution is -2.32. The minimum atomic E-state index is -0.164. The summed E-state index contributed by atoms with van der Waals surface area (Å²) in [4.78, 5) is 0. The van der Waals surface area contributed by atoms with Gasteiger partial charge < -0.3 is 5.73 Å². The van der Waals surface area contributed by atoms with E-state index >= 15 is 0 Å². The van der Waals surface area contributed by atoms with Crippen LogP contribution in [0.15, 0.2) is 24.3 Å². The Labute approximate surface area is 93.7 Å². The van der Waals surface area contributed by atoms with Crippen LogP contribution >= 0.6 is 0 Å². The van der Waals surface area contributed by atoms with E-state index < -0.39 is 0 Å². The van der Waals surface area contributed by atoms with Gasteiger partial charge in [-0.1, -0.05) is 56.0 Å². The lowest BCUT2D eigenvalue weighted by Gasteiger charge is -2.25. The largest absolute Gasteiger partial charge is 0.322 e. The molecule has 0 fully saturated rings. The van der Waals surface area contributed by atoms with Crippen LogP contribution in [-0.2, 0) is 5.54 Å². The molecule has 0 heterocycles. The van der Waals surface area contributed by atoms with Crippen molar-refractivity contribution in [2.75, 3.05) is 0 Å². The second-order valence-corrected chi connectivity index (χ2v) is 4.74. The SMILES string of the molecule is CCCCCC(C)(N)c1ccc(C)cc1. The fraction of sp³-hybridized carbons (Fsp3) is 0.571. The van der Waals surface area contributed by atoms with Crippen LogP contribution in [0, 0.1) is 6.92 Å². The fourth-order valence-electron chi connectivity index (χ4n) is 1.82. The third-order valence-electron chi connectivity index (χ3n) is 3.01. The number of rotatable bonds is 5. The third kappa shape index (κ3) is 3.67. The molecule has 0 aromatic heterocycles. The summed E-state index contributed by atoms with van der Waals surface area (Å²) in [5.74, 6) is 0. The highest BCUT2D eigenvalue weighted by Crippen LogP contribution is 2.24. The van der Waals surface area contributed by atoms with E-state index in [1.807, 2.05) is 0 Å². The van der Waals surface area contributed by atoms with E-state index in [4.69, 9.17) is 5.73 Å². The smallest absolute Gasteiger partial charge is 0.0381 e. The van der Waals surface area contributed by atoms with Crippen LogP contribution in [0.4, 0.5) is 0 Å². The number of hydrogen-bond acceptors (Lipinski definition) is 1. The molecule has 1 atom stereocenters. The number of aryl methyl sites for hydroxylation is 1. The highest BCUT2D eigenvalue weighted by molar-refractivity contribution is 5.26. The molecule has 0 aliphatic carbocycles. The van der Waals surface area contributed by atoms with Crippen LogP contribution in [0.25, 0.3) is 0 Å². The molecular formula is C14H23N. The molecule has 1 rings (SSSR count). The topological polar surface area (TPSA) is 26.0 Å². The normalized spacial score (nSPS) is 14.9. The Balaban J connectivity index is 2.63. The van der Waals surface area contributed by atoms with E-state index in [-0.39, 0.29) is 5.54 Å². The predicted octanol–water partition coefficient (Wildman–Crippen LogP) is 3.75. The number of unbranched alkanes of at least 4 members (excludes halogenated alkanes) is 2. The van der Waals surface area contributed by atoms with Crippen molar-refractivity contribution in [3.8, 4) is 0 Å². The summed E-state index contributed by atoms with van der Waals surface area (Å²) in [6.45, 7) is 6.46. The Bertz CT molecular complexity index is 285. The van der Waals surface area contributed by atoms with Gasteiger partial charge >= 0.3 is 0 Å². The molecule has 15 heavy (non-hydrogen) atoms. The minimum absolute atomic E-state index is 0.164. The lowest BCUT2D eigenvalue weighted by molar-refractivity contribution is 0.427. The maximum absolute atomic E-state index is 6.33. The molecule has 0 radical (unpaired) electrons. The molecule has 1 aromatic carbocycles. The monoisotopic (exact) mass is 205 g/mol. The molecule has 1 nitrogen and oxygen atoms in total. The summed E-state index contributed by atoms with van der Waals surface area (Å²) >= 11 is 0. The average molecular weight is 205 g/mol. The standard InChI is InChI=1S/C14H23N/c1-4-5-6-11-14(3,15)13-9-7-12(2)8-10-13/h7-10H,4-6,11,15H2,1-3H3. The van der Waals surface area contributed by atoms with Crippen LogP contribution in [0.1, 0.15) is 50.7 Å². The third-order valence-corrected chi connectivity index (χ3v) is 3.01. The zero-order valence-corrected chi connectivity index (χ0v) is 10.2. The summed E-state index contributed by atoms with van der Waals surface area (Å²) in [6, 6.07) is 8.59. The molecule has 1 unspecified atom stereocenters. The van der Waals surface area contributed by atoms with Crippen LogP contribution < -0.4 is 5.73 Å².